The molecule has 2 aliphatic rings. The third-order valence-electron chi connectivity index (χ3n) is 4.96. The Balaban J connectivity index is 1.77. The molecule has 17 heavy (non-hydrogen) atoms. The maximum absolute atomic E-state index is 4.63. The van der Waals surface area contributed by atoms with Crippen molar-refractivity contribution < 1.29 is 0 Å². The summed E-state index contributed by atoms with van der Waals surface area (Å²) in [4.78, 5) is 2.73. The molecule has 100 valence electrons. The highest BCUT2D eigenvalue weighted by molar-refractivity contribution is 7.80. The first kappa shape index (κ1) is 13.7. The summed E-state index contributed by atoms with van der Waals surface area (Å²) in [6, 6.07) is 0. The first-order chi connectivity index (χ1) is 8.28. The standard InChI is InChI=1S/C15H29NS/c1-2-5-14-6-10-16(11-7-14)12-15(13-17)8-3-4-9-15/h14,17H,2-13H2,1H3. The Bertz CT molecular complexity index is 215. The minimum Gasteiger partial charge on any atom is -0.303 e. The molecule has 1 heterocycles. The highest BCUT2D eigenvalue weighted by Gasteiger charge is 2.35. The summed E-state index contributed by atoms with van der Waals surface area (Å²) in [6.07, 6.45) is 11.4. The second kappa shape index (κ2) is 6.47. The van der Waals surface area contributed by atoms with Gasteiger partial charge in [0.15, 0.2) is 0 Å². The summed E-state index contributed by atoms with van der Waals surface area (Å²) in [5.74, 6) is 2.12. The van der Waals surface area contributed by atoms with Crippen molar-refractivity contribution >= 4 is 12.6 Å². The Hall–Kier alpha value is 0.310. The second-order valence-electron chi connectivity index (χ2n) is 6.37. The first-order valence-electron chi connectivity index (χ1n) is 7.61. The molecular weight excluding hydrogens is 226 g/mol. The van der Waals surface area contributed by atoms with Crippen LogP contribution in [0.15, 0.2) is 0 Å². The van der Waals surface area contributed by atoms with Crippen molar-refractivity contribution in [1.82, 2.24) is 4.90 Å². The molecule has 0 aromatic heterocycles. The lowest BCUT2D eigenvalue weighted by Gasteiger charge is -2.38. The zero-order chi connectivity index (χ0) is 12.1. The predicted molar refractivity (Wildman–Crippen MR) is 78.8 cm³/mol. The van der Waals surface area contributed by atoms with E-state index >= 15 is 0 Å². The Morgan fingerprint density at radius 1 is 1.18 bits per heavy atom. The van der Waals surface area contributed by atoms with Gasteiger partial charge in [0.2, 0.25) is 0 Å². The second-order valence-corrected chi connectivity index (χ2v) is 6.69. The Labute approximate surface area is 113 Å². The lowest BCUT2D eigenvalue weighted by molar-refractivity contribution is 0.121. The van der Waals surface area contributed by atoms with E-state index in [1.165, 1.54) is 71.0 Å². The molecule has 2 rings (SSSR count). The van der Waals surface area contributed by atoms with Crippen molar-refractivity contribution in [2.75, 3.05) is 25.4 Å². The van der Waals surface area contributed by atoms with Crippen LogP contribution in [0.25, 0.3) is 0 Å². The number of rotatable bonds is 5. The van der Waals surface area contributed by atoms with E-state index in [4.69, 9.17) is 0 Å². The van der Waals surface area contributed by atoms with Crippen LogP contribution in [0.3, 0.4) is 0 Å². The Morgan fingerprint density at radius 3 is 2.35 bits per heavy atom. The molecule has 0 spiro atoms. The third kappa shape index (κ3) is 3.64. The van der Waals surface area contributed by atoms with Crippen LogP contribution in [0.2, 0.25) is 0 Å². The average Bonchev–Trinajstić information content (AvgIpc) is 2.81. The fourth-order valence-corrected chi connectivity index (χ4v) is 4.22. The van der Waals surface area contributed by atoms with Crippen molar-refractivity contribution in [3.63, 3.8) is 0 Å². The lowest BCUT2D eigenvalue weighted by Crippen LogP contribution is -2.42. The van der Waals surface area contributed by atoms with Crippen LogP contribution in [-0.2, 0) is 0 Å². The zero-order valence-electron chi connectivity index (χ0n) is 11.5. The van der Waals surface area contributed by atoms with E-state index in [2.05, 4.69) is 24.5 Å². The highest BCUT2D eigenvalue weighted by atomic mass is 32.1. The van der Waals surface area contributed by atoms with Crippen LogP contribution in [-0.4, -0.2) is 30.3 Å². The zero-order valence-corrected chi connectivity index (χ0v) is 12.4. The fourth-order valence-electron chi connectivity index (χ4n) is 3.81. The molecular formula is C15H29NS. The SMILES string of the molecule is CCCC1CCN(CC2(CS)CCCC2)CC1. The summed E-state index contributed by atoms with van der Waals surface area (Å²) in [5, 5.41) is 0. The van der Waals surface area contributed by atoms with Crippen LogP contribution < -0.4 is 0 Å². The molecule has 0 N–H and O–H groups in total. The summed E-state index contributed by atoms with van der Waals surface area (Å²) in [6.45, 7) is 6.34. The van der Waals surface area contributed by atoms with Crippen LogP contribution in [0.4, 0.5) is 0 Å². The molecule has 1 saturated heterocycles. The van der Waals surface area contributed by atoms with Gasteiger partial charge in [0.25, 0.3) is 0 Å². The van der Waals surface area contributed by atoms with Crippen molar-refractivity contribution in [3.8, 4) is 0 Å². The van der Waals surface area contributed by atoms with Crippen LogP contribution in [0.5, 0.6) is 0 Å². The molecule has 1 aliphatic carbocycles. The molecule has 1 saturated carbocycles. The third-order valence-corrected chi connectivity index (χ3v) is 5.63. The number of piperidine rings is 1. The van der Waals surface area contributed by atoms with Crippen molar-refractivity contribution in [2.45, 2.75) is 58.3 Å². The van der Waals surface area contributed by atoms with E-state index in [-0.39, 0.29) is 0 Å². The normalized spacial score (nSPS) is 26.5. The summed E-state index contributed by atoms with van der Waals surface area (Å²) >= 11 is 4.63. The van der Waals surface area contributed by atoms with Gasteiger partial charge in [-0.25, -0.2) is 0 Å². The topological polar surface area (TPSA) is 3.24 Å². The van der Waals surface area contributed by atoms with Gasteiger partial charge in [-0.1, -0.05) is 32.6 Å². The van der Waals surface area contributed by atoms with Gasteiger partial charge >= 0.3 is 0 Å². The average molecular weight is 255 g/mol. The quantitative estimate of drug-likeness (QED) is 0.727. The molecule has 2 heteroatoms. The number of nitrogens with zero attached hydrogens (tertiary/aromatic N) is 1. The van der Waals surface area contributed by atoms with Gasteiger partial charge in [-0.05, 0) is 55.9 Å². The van der Waals surface area contributed by atoms with Gasteiger partial charge < -0.3 is 4.90 Å². The molecule has 0 atom stereocenters. The minimum absolute atomic E-state index is 0.570. The lowest BCUT2D eigenvalue weighted by atomic mass is 9.86. The van der Waals surface area contributed by atoms with E-state index < -0.39 is 0 Å². The predicted octanol–water partition coefficient (Wildman–Crippen LogP) is 3.99. The van der Waals surface area contributed by atoms with E-state index in [9.17, 15) is 0 Å². The molecule has 2 fully saturated rings. The molecule has 0 radical (unpaired) electrons. The minimum atomic E-state index is 0.570. The summed E-state index contributed by atoms with van der Waals surface area (Å²) in [7, 11) is 0. The molecule has 1 nitrogen and oxygen atoms in total. The Morgan fingerprint density at radius 2 is 1.82 bits per heavy atom. The molecule has 0 aromatic carbocycles. The number of likely N-dealkylation sites (tertiary alicyclic amines) is 1. The first-order valence-corrected chi connectivity index (χ1v) is 8.24. The maximum Gasteiger partial charge on any atom is 0.00458 e. The van der Waals surface area contributed by atoms with E-state index in [1.807, 2.05) is 0 Å². The largest absolute Gasteiger partial charge is 0.303 e. The monoisotopic (exact) mass is 255 g/mol. The van der Waals surface area contributed by atoms with Crippen molar-refractivity contribution in [1.29, 1.82) is 0 Å². The van der Waals surface area contributed by atoms with E-state index in [1.54, 1.807) is 0 Å². The number of hydrogen-bond donors (Lipinski definition) is 1. The van der Waals surface area contributed by atoms with E-state index in [0.717, 1.165) is 11.7 Å². The van der Waals surface area contributed by atoms with Crippen LogP contribution in [0.1, 0.15) is 58.3 Å². The van der Waals surface area contributed by atoms with Crippen LogP contribution in [0, 0.1) is 11.3 Å². The van der Waals surface area contributed by atoms with Crippen molar-refractivity contribution in [3.05, 3.63) is 0 Å². The fraction of sp³-hybridized carbons (Fsp3) is 1.00. The summed E-state index contributed by atoms with van der Waals surface area (Å²) < 4.78 is 0. The smallest absolute Gasteiger partial charge is 0.00458 e. The number of thiol groups is 1. The van der Waals surface area contributed by atoms with Gasteiger partial charge in [0.05, 0.1) is 0 Å². The number of hydrogen-bond acceptors (Lipinski definition) is 2. The molecule has 0 aromatic rings. The van der Waals surface area contributed by atoms with Gasteiger partial charge in [0, 0.05) is 6.54 Å². The molecule has 0 unspecified atom stereocenters. The van der Waals surface area contributed by atoms with E-state index in [0.29, 0.717) is 5.41 Å². The van der Waals surface area contributed by atoms with Crippen LogP contribution >= 0.6 is 12.6 Å². The Kier molecular flexibility index (Phi) is 5.23. The van der Waals surface area contributed by atoms with Gasteiger partial charge in [-0.2, -0.15) is 12.6 Å². The maximum atomic E-state index is 4.63. The highest BCUT2D eigenvalue weighted by Crippen LogP contribution is 2.40. The summed E-state index contributed by atoms with van der Waals surface area (Å²) in [5.41, 5.74) is 0.570. The molecule has 0 amide bonds. The molecule has 0 bridgehead atoms. The van der Waals surface area contributed by atoms with Gasteiger partial charge in [-0.3, -0.25) is 0 Å². The van der Waals surface area contributed by atoms with Gasteiger partial charge in [-0.15, -0.1) is 0 Å². The van der Waals surface area contributed by atoms with Gasteiger partial charge in [0.1, 0.15) is 0 Å². The molecule has 1 aliphatic heterocycles. The van der Waals surface area contributed by atoms with Crippen molar-refractivity contribution in [2.24, 2.45) is 11.3 Å².